The van der Waals surface area contributed by atoms with Gasteiger partial charge in [0.2, 0.25) is 0 Å². The van der Waals surface area contributed by atoms with Crippen molar-refractivity contribution in [1.82, 2.24) is 8.61 Å². The Labute approximate surface area is 124 Å². The predicted molar refractivity (Wildman–Crippen MR) is 79.0 cm³/mol. The second-order valence-electron chi connectivity index (χ2n) is 4.85. The number of hydrogen-bond donors (Lipinski definition) is 1. The molecule has 1 aromatic rings. The Kier molecular flexibility index (Phi) is 4.76. The molecule has 0 aromatic heterocycles. The summed E-state index contributed by atoms with van der Waals surface area (Å²) in [7, 11) is -2.31. The van der Waals surface area contributed by atoms with Gasteiger partial charge in [-0.2, -0.15) is 17.0 Å². The van der Waals surface area contributed by atoms with Gasteiger partial charge in [0, 0.05) is 20.1 Å². The van der Waals surface area contributed by atoms with Gasteiger partial charge in [-0.3, -0.25) is 4.79 Å². The second-order valence-corrected chi connectivity index (χ2v) is 6.83. The largest absolute Gasteiger partial charge is 0.480 e. The number of carboxylic acid groups (broad SMARTS) is 1. The average Bonchev–Trinajstić information content (AvgIpc) is 2.96. The van der Waals surface area contributed by atoms with Crippen molar-refractivity contribution < 1.29 is 18.3 Å². The molecular formula is C14H18N2O4S. The zero-order valence-electron chi connectivity index (χ0n) is 11.7. The number of benzene rings is 1. The van der Waals surface area contributed by atoms with Gasteiger partial charge < -0.3 is 5.11 Å². The van der Waals surface area contributed by atoms with Crippen LogP contribution in [0.3, 0.4) is 0 Å². The van der Waals surface area contributed by atoms with Gasteiger partial charge in [0.1, 0.15) is 6.04 Å². The molecule has 7 heteroatoms. The molecule has 1 atom stereocenters. The lowest BCUT2D eigenvalue weighted by molar-refractivity contribution is -0.139. The van der Waals surface area contributed by atoms with Gasteiger partial charge >= 0.3 is 5.97 Å². The minimum atomic E-state index is -3.78. The second kappa shape index (κ2) is 6.38. The first kappa shape index (κ1) is 15.7. The number of hydrogen-bond acceptors (Lipinski definition) is 3. The maximum absolute atomic E-state index is 12.4. The molecule has 1 heterocycles. The van der Waals surface area contributed by atoms with E-state index in [1.807, 2.05) is 30.3 Å². The van der Waals surface area contributed by atoms with E-state index in [1.54, 1.807) is 6.08 Å². The van der Waals surface area contributed by atoms with E-state index in [9.17, 15) is 13.2 Å². The topological polar surface area (TPSA) is 77.9 Å². The number of rotatable bonds is 6. The molecule has 21 heavy (non-hydrogen) atoms. The third-order valence-corrected chi connectivity index (χ3v) is 5.35. The lowest BCUT2D eigenvalue weighted by atomic mass is 10.2. The predicted octanol–water partition coefficient (Wildman–Crippen LogP) is 0.731. The fraction of sp³-hybridized carbons (Fsp3) is 0.357. The molecule has 0 saturated carbocycles. The van der Waals surface area contributed by atoms with E-state index in [2.05, 4.69) is 0 Å². The van der Waals surface area contributed by atoms with E-state index in [-0.39, 0.29) is 6.54 Å². The zero-order valence-corrected chi connectivity index (χ0v) is 12.5. The molecule has 0 fully saturated rings. The third-order valence-electron chi connectivity index (χ3n) is 3.42. The van der Waals surface area contributed by atoms with E-state index < -0.39 is 22.2 Å². The molecular weight excluding hydrogens is 292 g/mol. The van der Waals surface area contributed by atoms with Crippen molar-refractivity contribution in [2.24, 2.45) is 0 Å². The van der Waals surface area contributed by atoms with Gasteiger partial charge in [0.05, 0.1) is 0 Å². The summed E-state index contributed by atoms with van der Waals surface area (Å²) in [6.45, 7) is 0.393. The number of carboxylic acids is 1. The number of likely N-dealkylation sites (N-methyl/N-ethyl adjacent to an activating group) is 1. The monoisotopic (exact) mass is 310 g/mol. The summed E-state index contributed by atoms with van der Waals surface area (Å²) in [6, 6.07) is 8.44. The van der Waals surface area contributed by atoms with E-state index in [0.717, 1.165) is 9.87 Å². The van der Waals surface area contributed by atoms with Crippen molar-refractivity contribution in [1.29, 1.82) is 0 Å². The Morgan fingerprint density at radius 2 is 2.05 bits per heavy atom. The van der Waals surface area contributed by atoms with Gasteiger partial charge in [-0.25, -0.2) is 0 Å². The van der Waals surface area contributed by atoms with Crippen LogP contribution in [0.2, 0.25) is 0 Å². The van der Waals surface area contributed by atoms with Crippen LogP contribution in [-0.4, -0.2) is 54.3 Å². The summed E-state index contributed by atoms with van der Waals surface area (Å²) in [5.41, 5.74) is 1.04. The molecule has 0 bridgehead atoms. The van der Waals surface area contributed by atoms with Crippen molar-refractivity contribution in [3.63, 3.8) is 0 Å². The Bertz CT molecular complexity index is 628. The fourth-order valence-electron chi connectivity index (χ4n) is 2.17. The van der Waals surface area contributed by atoms with E-state index >= 15 is 0 Å². The standard InChI is InChI=1S/C14H18N2O4S/c1-15(11-9-12-6-3-2-4-7-12)21(19,20)16-10-5-8-13(16)14(17)18/h2-8,13H,9-11H2,1H3,(H,17,18). The number of carbonyl (C=O) groups is 1. The van der Waals surface area contributed by atoms with Crippen LogP contribution in [-0.2, 0) is 21.4 Å². The van der Waals surface area contributed by atoms with Crippen LogP contribution < -0.4 is 0 Å². The molecule has 1 aliphatic heterocycles. The first-order valence-electron chi connectivity index (χ1n) is 6.59. The molecule has 1 unspecified atom stereocenters. The molecule has 6 nitrogen and oxygen atoms in total. The Morgan fingerprint density at radius 1 is 1.38 bits per heavy atom. The van der Waals surface area contributed by atoms with Gasteiger partial charge in [-0.05, 0) is 12.0 Å². The summed E-state index contributed by atoms with van der Waals surface area (Å²) >= 11 is 0. The first-order chi connectivity index (χ1) is 9.93. The Morgan fingerprint density at radius 3 is 2.67 bits per heavy atom. The minimum Gasteiger partial charge on any atom is -0.480 e. The highest BCUT2D eigenvalue weighted by Crippen LogP contribution is 2.18. The van der Waals surface area contributed by atoms with Crippen molar-refractivity contribution in [2.45, 2.75) is 12.5 Å². The van der Waals surface area contributed by atoms with Gasteiger partial charge in [0.25, 0.3) is 10.2 Å². The molecule has 0 radical (unpaired) electrons. The average molecular weight is 310 g/mol. The molecule has 2 rings (SSSR count). The van der Waals surface area contributed by atoms with E-state index in [1.165, 1.54) is 17.4 Å². The maximum Gasteiger partial charge on any atom is 0.326 e. The van der Waals surface area contributed by atoms with Crippen molar-refractivity contribution >= 4 is 16.2 Å². The molecule has 1 aliphatic rings. The number of aliphatic carboxylic acids is 1. The smallest absolute Gasteiger partial charge is 0.326 e. The molecule has 0 aliphatic carbocycles. The third kappa shape index (κ3) is 3.49. The van der Waals surface area contributed by atoms with Crippen LogP contribution in [0, 0.1) is 0 Å². The van der Waals surface area contributed by atoms with Gasteiger partial charge in [0.15, 0.2) is 0 Å². The molecule has 114 valence electrons. The van der Waals surface area contributed by atoms with E-state index in [4.69, 9.17) is 5.11 Å². The van der Waals surface area contributed by atoms with Crippen LogP contribution in [0.15, 0.2) is 42.5 Å². The maximum atomic E-state index is 12.4. The van der Waals surface area contributed by atoms with Crippen LogP contribution >= 0.6 is 0 Å². The number of nitrogens with zero attached hydrogens (tertiary/aromatic N) is 2. The van der Waals surface area contributed by atoms with Crippen LogP contribution in [0.5, 0.6) is 0 Å². The molecule has 1 N–H and O–H groups in total. The summed E-state index contributed by atoms with van der Waals surface area (Å²) in [4.78, 5) is 11.1. The lowest BCUT2D eigenvalue weighted by Crippen LogP contribution is -2.47. The van der Waals surface area contributed by atoms with Crippen molar-refractivity contribution in [3.05, 3.63) is 48.0 Å². The quantitative estimate of drug-likeness (QED) is 0.786. The lowest BCUT2D eigenvalue weighted by Gasteiger charge is -2.26. The Hall–Kier alpha value is -1.70. The molecule has 0 saturated heterocycles. The van der Waals surface area contributed by atoms with Crippen LogP contribution in [0.25, 0.3) is 0 Å². The van der Waals surface area contributed by atoms with Crippen molar-refractivity contribution in [3.8, 4) is 0 Å². The Balaban J connectivity index is 2.04. The molecule has 0 amide bonds. The van der Waals surface area contributed by atoms with Crippen molar-refractivity contribution in [2.75, 3.05) is 20.1 Å². The van der Waals surface area contributed by atoms with E-state index in [0.29, 0.717) is 13.0 Å². The summed E-state index contributed by atoms with van der Waals surface area (Å²) in [5, 5.41) is 9.06. The summed E-state index contributed by atoms with van der Waals surface area (Å²) in [6.07, 6.45) is 3.53. The zero-order chi connectivity index (χ0) is 15.5. The summed E-state index contributed by atoms with van der Waals surface area (Å²) < 4.78 is 27.0. The highest BCUT2D eigenvalue weighted by Gasteiger charge is 2.37. The minimum absolute atomic E-state index is 0.0922. The normalized spacial score (nSPS) is 19.2. The highest BCUT2D eigenvalue weighted by molar-refractivity contribution is 7.86. The van der Waals surface area contributed by atoms with Gasteiger partial charge in [-0.1, -0.05) is 42.5 Å². The highest BCUT2D eigenvalue weighted by atomic mass is 32.2. The first-order valence-corrected chi connectivity index (χ1v) is 7.99. The van der Waals surface area contributed by atoms with Gasteiger partial charge in [-0.15, -0.1) is 0 Å². The van der Waals surface area contributed by atoms with Crippen LogP contribution in [0.1, 0.15) is 5.56 Å². The SMILES string of the molecule is CN(CCc1ccccc1)S(=O)(=O)N1CC=CC1C(=O)O. The summed E-state index contributed by atoms with van der Waals surface area (Å²) in [5.74, 6) is -1.16. The van der Waals surface area contributed by atoms with Crippen LogP contribution in [0.4, 0.5) is 0 Å². The molecule has 1 aromatic carbocycles. The molecule has 0 spiro atoms. The fourth-order valence-corrected chi connectivity index (χ4v) is 3.57.